The van der Waals surface area contributed by atoms with Crippen molar-refractivity contribution in [1.82, 2.24) is 9.80 Å². The molecule has 3 heteroatoms. The van der Waals surface area contributed by atoms with Crippen LogP contribution < -0.4 is 0 Å². The monoisotopic (exact) mass is 222 g/mol. The van der Waals surface area contributed by atoms with E-state index >= 15 is 0 Å². The van der Waals surface area contributed by atoms with E-state index in [0.717, 1.165) is 12.8 Å². The molecular weight excluding hydrogens is 200 g/mol. The zero-order chi connectivity index (χ0) is 12.0. The fourth-order valence-corrected chi connectivity index (χ4v) is 1.94. The van der Waals surface area contributed by atoms with Gasteiger partial charge in [-0.05, 0) is 25.7 Å². The van der Waals surface area contributed by atoms with E-state index in [1.54, 1.807) is 30.0 Å². The molecule has 0 aromatic rings. The predicted molar refractivity (Wildman–Crippen MR) is 67.2 cm³/mol. The molecule has 0 aromatic carbocycles. The first-order chi connectivity index (χ1) is 7.65. The van der Waals surface area contributed by atoms with Gasteiger partial charge in [-0.25, -0.2) is 4.79 Å². The smallest absolute Gasteiger partial charge is 0.323 e. The molecule has 0 aromatic heterocycles. The van der Waals surface area contributed by atoms with Gasteiger partial charge in [-0.3, -0.25) is 4.90 Å². The van der Waals surface area contributed by atoms with Crippen molar-refractivity contribution < 1.29 is 4.79 Å². The van der Waals surface area contributed by atoms with Crippen LogP contribution in [0.1, 0.15) is 32.1 Å². The van der Waals surface area contributed by atoms with Gasteiger partial charge in [-0.15, -0.1) is 6.58 Å². The number of urea groups is 1. The topological polar surface area (TPSA) is 23.6 Å². The Kier molecular flexibility index (Phi) is 5.09. The molecule has 90 valence electrons. The van der Waals surface area contributed by atoms with Gasteiger partial charge < -0.3 is 4.90 Å². The summed E-state index contributed by atoms with van der Waals surface area (Å²) < 4.78 is 0. The predicted octanol–water partition coefficient (Wildman–Crippen LogP) is 3.00. The lowest BCUT2D eigenvalue weighted by Gasteiger charge is -2.24. The van der Waals surface area contributed by atoms with Gasteiger partial charge in [-0.1, -0.05) is 18.1 Å². The highest BCUT2D eigenvalue weighted by Crippen LogP contribution is 2.23. The number of nitrogens with zero attached hydrogens (tertiary/aromatic N) is 2. The minimum Gasteiger partial charge on any atom is -0.330 e. The third-order valence-electron chi connectivity index (χ3n) is 2.79. The standard InChI is InChI=1S/C13H22N2O/c1-4-10-15(13(16)14(2)3)11-12-8-6-5-7-9-12/h4,11H,1,5-10H2,2-3H3. The van der Waals surface area contributed by atoms with E-state index in [-0.39, 0.29) is 6.03 Å². The van der Waals surface area contributed by atoms with E-state index in [4.69, 9.17) is 0 Å². The van der Waals surface area contributed by atoms with Gasteiger partial charge in [0.25, 0.3) is 0 Å². The number of hydrogen-bond donors (Lipinski definition) is 0. The number of allylic oxidation sites excluding steroid dienone is 1. The molecule has 1 aliphatic rings. The van der Waals surface area contributed by atoms with E-state index in [1.165, 1.54) is 24.8 Å². The van der Waals surface area contributed by atoms with E-state index in [1.807, 2.05) is 6.20 Å². The van der Waals surface area contributed by atoms with Crippen LogP contribution in [-0.2, 0) is 0 Å². The molecule has 2 amide bonds. The van der Waals surface area contributed by atoms with Crippen molar-refractivity contribution in [2.45, 2.75) is 32.1 Å². The zero-order valence-corrected chi connectivity index (χ0v) is 10.4. The third-order valence-corrected chi connectivity index (χ3v) is 2.79. The van der Waals surface area contributed by atoms with Gasteiger partial charge in [0.1, 0.15) is 0 Å². The summed E-state index contributed by atoms with van der Waals surface area (Å²) in [6.45, 7) is 4.28. The van der Waals surface area contributed by atoms with Crippen molar-refractivity contribution in [1.29, 1.82) is 0 Å². The Bertz CT molecular complexity index is 274. The molecule has 1 saturated carbocycles. The Hall–Kier alpha value is -1.25. The summed E-state index contributed by atoms with van der Waals surface area (Å²) in [5.74, 6) is 0. The summed E-state index contributed by atoms with van der Waals surface area (Å²) in [4.78, 5) is 15.2. The fraction of sp³-hybridized carbons (Fsp3) is 0.615. The normalized spacial score (nSPS) is 15.5. The molecule has 0 unspecified atom stereocenters. The molecule has 0 heterocycles. The van der Waals surface area contributed by atoms with Crippen LogP contribution in [-0.4, -0.2) is 36.5 Å². The highest BCUT2D eigenvalue weighted by molar-refractivity contribution is 5.75. The molecule has 3 nitrogen and oxygen atoms in total. The molecule has 0 atom stereocenters. The second kappa shape index (κ2) is 6.36. The van der Waals surface area contributed by atoms with Gasteiger partial charge in [0.2, 0.25) is 0 Å². The largest absolute Gasteiger partial charge is 0.330 e. The lowest BCUT2D eigenvalue weighted by molar-refractivity contribution is 0.192. The summed E-state index contributed by atoms with van der Waals surface area (Å²) in [5, 5.41) is 0. The second-order valence-corrected chi connectivity index (χ2v) is 4.47. The van der Waals surface area contributed by atoms with Gasteiger partial charge in [0.05, 0.1) is 0 Å². The highest BCUT2D eigenvalue weighted by Gasteiger charge is 2.13. The zero-order valence-electron chi connectivity index (χ0n) is 10.4. The molecule has 1 rings (SSSR count). The van der Waals surface area contributed by atoms with Crippen molar-refractivity contribution in [2.24, 2.45) is 0 Å². The quantitative estimate of drug-likeness (QED) is 0.673. The van der Waals surface area contributed by atoms with Gasteiger partial charge in [-0.2, -0.15) is 0 Å². The van der Waals surface area contributed by atoms with Crippen LogP contribution in [0, 0.1) is 0 Å². The van der Waals surface area contributed by atoms with Crippen LogP contribution in [0.2, 0.25) is 0 Å². The average Bonchev–Trinajstić information content (AvgIpc) is 2.29. The lowest BCUT2D eigenvalue weighted by atomic mass is 9.96. The molecule has 0 saturated heterocycles. The van der Waals surface area contributed by atoms with Crippen molar-refractivity contribution in [3.63, 3.8) is 0 Å². The number of hydrogen-bond acceptors (Lipinski definition) is 1. The van der Waals surface area contributed by atoms with Crippen LogP contribution in [0.25, 0.3) is 0 Å². The van der Waals surface area contributed by atoms with Crippen molar-refractivity contribution in [2.75, 3.05) is 20.6 Å². The van der Waals surface area contributed by atoms with Crippen LogP contribution in [0.4, 0.5) is 4.79 Å². The Morgan fingerprint density at radius 3 is 2.44 bits per heavy atom. The Labute approximate surface area is 98.4 Å². The lowest BCUT2D eigenvalue weighted by Crippen LogP contribution is -2.36. The molecule has 0 spiro atoms. The Balaban J connectivity index is 2.68. The molecule has 0 bridgehead atoms. The molecule has 0 N–H and O–H groups in total. The maximum atomic E-state index is 11.9. The minimum atomic E-state index is 0.0259. The van der Waals surface area contributed by atoms with E-state index in [9.17, 15) is 4.79 Å². The van der Waals surface area contributed by atoms with Gasteiger partial charge >= 0.3 is 6.03 Å². The summed E-state index contributed by atoms with van der Waals surface area (Å²) in [5.41, 5.74) is 1.39. The first-order valence-corrected chi connectivity index (χ1v) is 5.93. The first kappa shape index (κ1) is 12.8. The van der Waals surface area contributed by atoms with E-state index in [0.29, 0.717) is 6.54 Å². The SMILES string of the molecule is C=CCN(C=C1CCCCC1)C(=O)N(C)C. The van der Waals surface area contributed by atoms with Crippen molar-refractivity contribution in [3.8, 4) is 0 Å². The maximum absolute atomic E-state index is 11.9. The summed E-state index contributed by atoms with van der Waals surface area (Å²) in [6.07, 6.45) is 9.88. The van der Waals surface area contributed by atoms with Crippen LogP contribution in [0.5, 0.6) is 0 Å². The first-order valence-electron chi connectivity index (χ1n) is 5.93. The Morgan fingerprint density at radius 1 is 1.31 bits per heavy atom. The molecule has 1 fully saturated rings. The summed E-state index contributed by atoms with van der Waals surface area (Å²) in [6, 6.07) is 0.0259. The van der Waals surface area contributed by atoms with Gasteiger partial charge in [0, 0.05) is 26.8 Å². The van der Waals surface area contributed by atoms with Crippen LogP contribution in [0.3, 0.4) is 0 Å². The van der Waals surface area contributed by atoms with Gasteiger partial charge in [0.15, 0.2) is 0 Å². The van der Waals surface area contributed by atoms with E-state index in [2.05, 4.69) is 6.58 Å². The molecule has 0 aliphatic heterocycles. The third kappa shape index (κ3) is 3.72. The summed E-state index contributed by atoms with van der Waals surface area (Å²) in [7, 11) is 3.55. The van der Waals surface area contributed by atoms with E-state index < -0.39 is 0 Å². The molecule has 1 aliphatic carbocycles. The Morgan fingerprint density at radius 2 is 1.94 bits per heavy atom. The molecule has 16 heavy (non-hydrogen) atoms. The maximum Gasteiger partial charge on any atom is 0.323 e. The highest BCUT2D eigenvalue weighted by atomic mass is 16.2. The number of rotatable bonds is 3. The molecule has 0 radical (unpaired) electrons. The van der Waals surface area contributed by atoms with Crippen molar-refractivity contribution in [3.05, 3.63) is 24.4 Å². The minimum absolute atomic E-state index is 0.0259. The summed E-state index contributed by atoms with van der Waals surface area (Å²) >= 11 is 0. The number of amides is 2. The number of carbonyl (C=O) groups is 1. The fourth-order valence-electron chi connectivity index (χ4n) is 1.94. The second-order valence-electron chi connectivity index (χ2n) is 4.47. The van der Waals surface area contributed by atoms with Crippen molar-refractivity contribution >= 4 is 6.03 Å². The number of carbonyl (C=O) groups excluding carboxylic acids is 1. The van der Waals surface area contributed by atoms with Crippen LogP contribution in [0.15, 0.2) is 24.4 Å². The average molecular weight is 222 g/mol. The molecular formula is C13H22N2O. The van der Waals surface area contributed by atoms with Crippen LogP contribution >= 0.6 is 0 Å².